The molecular weight excluding hydrogens is 461 g/mol. The van der Waals surface area contributed by atoms with Crippen molar-refractivity contribution >= 4 is 63.0 Å². The number of benzene rings is 2. The Morgan fingerprint density at radius 2 is 1.81 bits per heavy atom. The van der Waals surface area contributed by atoms with E-state index in [2.05, 4.69) is 27.9 Å². The van der Waals surface area contributed by atoms with Crippen LogP contribution in [0.4, 0.5) is 0 Å². The third kappa shape index (κ3) is 4.61. The highest BCUT2D eigenvalue weighted by Crippen LogP contribution is 2.36. The normalized spacial score (nSPS) is 17.1. The van der Waals surface area contributed by atoms with E-state index < -0.39 is 0 Å². The molecule has 4 nitrogen and oxygen atoms in total. The predicted octanol–water partition coefficient (Wildman–Crippen LogP) is 7.09. The second-order valence-corrected chi connectivity index (χ2v) is 10.2. The van der Waals surface area contributed by atoms with Crippen molar-refractivity contribution in [3.05, 3.63) is 74.7 Å². The smallest absolute Gasteiger partial charge is 0.266 e. The Hall–Kier alpha value is -2.21. The maximum absolute atomic E-state index is 13.2. The quantitative estimate of drug-likeness (QED) is 0.361. The van der Waals surface area contributed by atoms with E-state index in [0.29, 0.717) is 21.5 Å². The molecule has 0 N–H and O–H groups in total. The number of hydrogen-bond donors (Lipinski definition) is 0. The molecule has 1 aliphatic rings. The van der Waals surface area contributed by atoms with Crippen LogP contribution in [0.1, 0.15) is 38.8 Å². The molecule has 1 aromatic heterocycles. The number of para-hydroxylation sites is 1. The Morgan fingerprint density at radius 1 is 1.06 bits per heavy atom. The number of amides is 1. The lowest BCUT2D eigenvalue weighted by Gasteiger charge is -2.20. The van der Waals surface area contributed by atoms with Gasteiger partial charge in [-0.2, -0.15) is 0 Å². The Labute approximate surface area is 202 Å². The molecule has 0 radical (unpaired) electrons. The molecule has 0 bridgehead atoms. The lowest BCUT2D eigenvalue weighted by Crippen LogP contribution is -2.35. The van der Waals surface area contributed by atoms with Crippen LogP contribution in [0.5, 0.6) is 0 Å². The SMILES string of the molecule is CC(C)N=C1S/C(=C/c2cn(Cc3ccc(Cl)c(Cl)c3)c3ccccc23)C(=O)N1C(C)C. The van der Waals surface area contributed by atoms with Gasteiger partial charge in [-0.05, 0) is 69.3 Å². The van der Waals surface area contributed by atoms with Gasteiger partial charge in [0.2, 0.25) is 0 Å². The van der Waals surface area contributed by atoms with Gasteiger partial charge in [0.05, 0.1) is 15.0 Å². The largest absolute Gasteiger partial charge is 0.342 e. The first-order chi connectivity index (χ1) is 15.2. The molecule has 0 saturated carbocycles. The Bertz CT molecular complexity index is 1240. The summed E-state index contributed by atoms with van der Waals surface area (Å²) >= 11 is 13.7. The molecule has 0 spiro atoms. The molecule has 32 heavy (non-hydrogen) atoms. The van der Waals surface area contributed by atoms with Crippen LogP contribution < -0.4 is 0 Å². The zero-order chi connectivity index (χ0) is 23.0. The first-order valence-corrected chi connectivity index (χ1v) is 12.1. The molecule has 2 aromatic carbocycles. The number of amidine groups is 1. The molecular formula is C25H25Cl2N3OS. The number of aliphatic imine (C=N–C) groups is 1. The van der Waals surface area contributed by atoms with E-state index in [1.54, 1.807) is 4.90 Å². The van der Waals surface area contributed by atoms with Gasteiger partial charge in [0, 0.05) is 41.3 Å². The van der Waals surface area contributed by atoms with E-state index in [-0.39, 0.29) is 18.0 Å². The maximum atomic E-state index is 13.2. The molecule has 2 heterocycles. The Morgan fingerprint density at radius 3 is 2.50 bits per heavy atom. The fourth-order valence-electron chi connectivity index (χ4n) is 3.75. The van der Waals surface area contributed by atoms with E-state index in [1.807, 2.05) is 64.1 Å². The maximum Gasteiger partial charge on any atom is 0.266 e. The van der Waals surface area contributed by atoms with Crippen molar-refractivity contribution in [2.24, 2.45) is 4.99 Å². The van der Waals surface area contributed by atoms with Crippen molar-refractivity contribution in [1.29, 1.82) is 0 Å². The number of hydrogen-bond acceptors (Lipinski definition) is 3. The molecule has 1 aliphatic heterocycles. The van der Waals surface area contributed by atoms with Crippen LogP contribution in [-0.2, 0) is 11.3 Å². The number of aromatic nitrogens is 1. The van der Waals surface area contributed by atoms with Crippen molar-refractivity contribution in [1.82, 2.24) is 9.47 Å². The minimum atomic E-state index is 0.00529. The summed E-state index contributed by atoms with van der Waals surface area (Å²) < 4.78 is 2.18. The standard InChI is InChI=1S/C25H25Cl2N3OS/c1-15(2)28-25-30(16(3)4)24(31)23(32-25)12-18-14-29(22-8-6-5-7-19(18)22)13-17-9-10-20(26)21(27)11-17/h5-12,14-16H,13H2,1-4H3/b23-12+,28-25?. The summed E-state index contributed by atoms with van der Waals surface area (Å²) in [6.07, 6.45) is 4.07. The van der Waals surface area contributed by atoms with E-state index in [9.17, 15) is 4.79 Å². The van der Waals surface area contributed by atoms with Crippen molar-refractivity contribution in [3.8, 4) is 0 Å². The number of fused-ring (bicyclic) bond motifs is 1. The lowest BCUT2D eigenvalue weighted by molar-refractivity contribution is -0.123. The van der Waals surface area contributed by atoms with Gasteiger partial charge in [0.1, 0.15) is 0 Å². The van der Waals surface area contributed by atoms with Gasteiger partial charge >= 0.3 is 0 Å². The van der Waals surface area contributed by atoms with Crippen LogP contribution >= 0.6 is 35.0 Å². The molecule has 1 amide bonds. The van der Waals surface area contributed by atoms with Crippen LogP contribution in [0.15, 0.2) is 58.6 Å². The number of halogens is 2. The number of rotatable bonds is 5. The fraction of sp³-hybridized carbons (Fsp3) is 0.280. The molecule has 0 unspecified atom stereocenters. The molecule has 1 saturated heterocycles. The summed E-state index contributed by atoms with van der Waals surface area (Å²) in [4.78, 5) is 20.3. The highest BCUT2D eigenvalue weighted by atomic mass is 35.5. The average Bonchev–Trinajstić information content (AvgIpc) is 3.22. The molecule has 3 aromatic rings. The fourth-order valence-corrected chi connectivity index (χ4v) is 5.29. The van der Waals surface area contributed by atoms with Crippen LogP contribution in [0, 0.1) is 0 Å². The van der Waals surface area contributed by atoms with E-state index in [4.69, 9.17) is 23.2 Å². The van der Waals surface area contributed by atoms with E-state index >= 15 is 0 Å². The first kappa shape index (κ1) is 23.0. The van der Waals surface area contributed by atoms with Crippen molar-refractivity contribution in [2.75, 3.05) is 0 Å². The first-order valence-electron chi connectivity index (χ1n) is 10.6. The minimum absolute atomic E-state index is 0.00529. The third-order valence-corrected chi connectivity index (χ3v) is 6.90. The number of thioether (sulfide) groups is 1. The summed E-state index contributed by atoms with van der Waals surface area (Å²) in [5, 5.41) is 2.95. The monoisotopic (exact) mass is 485 g/mol. The molecule has 0 atom stereocenters. The number of nitrogens with zero attached hydrogens (tertiary/aromatic N) is 3. The highest BCUT2D eigenvalue weighted by molar-refractivity contribution is 8.18. The number of carbonyl (C=O) groups excluding carboxylic acids is 1. The molecule has 166 valence electrons. The highest BCUT2D eigenvalue weighted by Gasteiger charge is 2.35. The van der Waals surface area contributed by atoms with Gasteiger partial charge < -0.3 is 4.57 Å². The minimum Gasteiger partial charge on any atom is -0.342 e. The zero-order valence-corrected chi connectivity index (χ0v) is 20.8. The molecule has 0 aliphatic carbocycles. The summed E-state index contributed by atoms with van der Waals surface area (Å²) in [5.74, 6) is 0.00529. The third-order valence-electron chi connectivity index (χ3n) is 5.16. The van der Waals surface area contributed by atoms with Crippen molar-refractivity contribution in [2.45, 2.75) is 46.3 Å². The summed E-state index contributed by atoms with van der Waals surface area (Å²) in [6, 6.07) is 14.1. The average molecular weight is 486 g/mol. The van der Waals surface area contributed by atoms with Gasteiger partial charge in [-0.3, -0.25) is 14.7 Å². The molecule has 1 fully saturated rings. The summed E-state index contributed by atoms with van der Waals surface area (Å²) in [5.41, 5.74) is 3.16. The Balaban J connectivity index is 1.74. The summed E-state index contributed by atoms with van der Waals surface area (Å²) in [7, 11) is 0. The number of carbonyl (C=O) groups is 1. The molecule has 4 rings (SSSR count). The zero-order valence-electron chi connectivity index (χ0n) is 18.5. The van der Waals surface area contributed by atoms with Crippen LogP contribution in [0.2, 0.25) is 10.0 Å². The van der Waals surface area contributed by atoms with Crippen LogP contribution in [-0.4, -0.2) is 32.6 Å². The van der Waals surface area contributed by atoms with Gasteiger partial charge in [0.25, 0.3) is 5.91 Å². The second kappa shape index (κ2) is 9.34. The topological polar surface area (TPSA) is 37.6 Å². The summed E-state index contributed by atoms with van der Waals surface area (Å²) in [6.45, 7) is 8.73. The van der Waals surface area contributed by atoms with Gasteiger partial charge in [-0.15, -0.1) is 0 Å². The van der Waals surface area contributed by atoms with Crippen LogP contribution in [0.3, 0.4) is 0 Å². The lowest BCUT2D eigenvalue weighted by atomic mass is 10.1. The van der Waals surface area contributed by atoms with Gasteiger partial charge in [0.15, 0.2) is 5.17 Å². The van der Waals surface area contributed by atoms with Gasteiger partial charge in [-0.1, -0.05) is 47.5 Å². The Kier molecular flexibility index (Phi) is 6.70. The van der Waals surface area contributed by atoms with E-state index in [1.165, 1.54) is 11.8 Å². The van der Waals surface area contributed by atoms with Crippen molar-refractivity contribution < 1.29 is 4.79 Å². The van der Waals surface area contributed by atoms with Crippen molar-refractivity contribution in [3.63, 3.8) is 0 Å². The second-order valence-electron chi connectivity index (χ2n) is 8.36. The molecule has 7 heteroatoms. The van der Waals surface area contributed by atoms with E-state index in [0.717, 1.165) is 27.2 Å². The predicted molar refractivity (Wildman–Crippen MR) is 138 cm³/mol. The van der Waals surface area contributed by atoms with Gasteiger partial charge in [-0.25, -0.2) is 0 Å². The van der Waals surface area contributed by atoms with Crippen LogP contribution in [0.25, 0.3) is 17.0 Å².